The summed E-state index contributed by atoms with van der Waals surface area (Å²) >= 11 is 0. The Morgan fingerprint density at radius 2 is 1.31 bits per heavy atom. The maximum absolute atomic E-state index is 13.6. The van der Waals surface area contributed by atoms with Crippen LogP contribution in [0.3, 0.4) is 0 Å². The smallest absolute Gasteiger partial charge is 0.253 e. The van der Waals surface area contributed by atoms with Gasteiger partial charge < -0.3 is 26.6 Å². The fourth-order valence-electron chi connectivity index (χ4n) is 5.66. The third-order valence-electron chi connectivity index (χ3n) is 8.41. The van der Waals surface area contributed by atoms with Crippen LogP contribution in [-0.2, 0) is 22.6 Å². The molecule has 0 aliphatic rings. The van der Waals surface area contributed by atoms with Crippen LogP contribution in [-0.4, -0.2) is 59.7 Å². The Bertz CT molecular complexity index is 1460. The summed E-state index contributed by atoms with van der Waals surface area (Å²) in [5.41, 5.74) is 9.53. The van der Waals surface area contributed by atoms with Crippen LogP contribution < -0.4 is 21.7 Å². The molecular formula is C39H53N5O4. The van der Waals surface area contributed by atoms with Gasteiger partial charge in [0.25, 0.3) is 11.8 Å². The van der Waals surface area contributed by atoms with E-state index in [0.717, 1.165) is 24.0 Å². The number of nitrogens with zero attached hydrogens (tertiary/aromatic N) is 1. The Hall–Kier alpha value is -4.50. The third-order valence-corrected chi connectivity index (χ3v) is 8.41. The number of carbonyl (C=O) groups excluding carboxylic acids is 4. The molecule has 0 saturated carbocycles. The molecule has 3 aromatic carbocycles. The maximum Gasteiger partial charge on any atom is 0.253 e. The predicted molar refractivity (Wildman–Crippen MR) is 191 cm³/mol. The van der Waals surface area contributed by atoms with Gasteiger partial charge in [0.2, 0.25) is 11.8 Å². The molecule has 0 spiro atoms. The van der Waals surface area contributed by atoms with E-state index in [1.54, 1.807) is 31.2 Å². The zero-order chi connectivity index (χ0) is 35.1. The minimum atomic E-state index is -0.708. The highest BCUT2D eigenvalue weighted by Gasteiger charge is 2.29. The van der Waals surface area contributed by atoms with Gasteiger partial charge in [0, 0.05) is 48.8 Å². The number of benzene rings is 3. The third kappa shape index (κ3) is 11.6. The van der Waals surface area contributed by atoms with Crippen molar-refractivity contribution in [3.8, 4) is 0 Å². The zero-order valence-electron chi connectivity index (χ0n) is 29.1. The van der Waals surface area contributed by atoms with Gasteiger partial charge in [-0.25, -0.2) is 0 Å². The first-order chi connectivity index (χ1) is 23.0. The fourth-order valence-corrected chi connectivity index (χ4v) is 5.66. The van der Waals surface area contributed by atoms with Crippen LogP contribution in [0.1, 0.15) is 85.7 Å². The van der Waals surface area contributed by atoms with Crippen molar-refractivity contribution >= 4 is 23.6 Å². The molecule has 258 valence electrons. The molecule has 0 fully saturated rings. The Morgan fingerprint density at radius 3 is 1.90 bits per heavy atom. The van der Waals surface area contributed by atoms with Crippen molar-refractivity contribution in [3.63, 3.8) is 0 Å². The van der Waals surface area contributed by atoms with E-state index in [1.165, 1.54) is 0 Å². The van der Waals surface area contributed by atoms with Crippen molar-refractivity contribution in [1.29, 1.82) is 0 Å². The summed E-state index contributed by atoms with van der Waals surface area (Å²) < 4.78 is 0. The Balaban J connectivity index is 1.71. The molecule has 4 atom stereocenters. The number of amides is 4. The molecular weight excluding hydrogens is 602 g/mol. The van der Waals surface area contributed by atoms with Crippen LogP contribution in [0.2, 0.25) is 0 Å². The van der Waals surface area contributed by atoms with Crippen LogP contribution in [0.25, 0.3) is 0 Å². The van der Waals surface area contributed by atoms with E-state index in [1.807, 2.05) is 93.3 Å². The average molecular weight is 656 g/mol. The lowest BCUT2D eigenvalue weighted by molar-refractivity contribution is -0.132. The largest absolute Gasteiger partial charge is 0.350 e. The van der Waals surface area contributed by atoms with Crippen molar-refractivity contribution < 1.29 is 19.2 Å². The first kappa shape index (κ1) is 38.0. The van der Waals surface area contributed by atoms with Gasteiger partial charge in [-0.15, -0.1) is 0 Å². The minimum Gasteiger partial charge on any atom is -0.350 e. The van der Waals surface area contributed by atoms with E-state index in [-0.39, 0.29) is 36.0 Å². The quantitative estimate of drug-likeness (QED) is 0.151. The summed E-state index contributed by atoms with van der Waals surface area (Å²) in [7, 11) is 0. The maximum atomic E-state index is 13.6. The molecule has 4 unspecified atom stereocenters. The SMILES string of the molecule is CCCN(CCC)C(=O)c1cccc(C(=O)NC(Cc2ccccc2)C(N)CC(C)C(=O)NC(C(=O)NCc2ccccc2)C(C)C)c1. The lowest BCUT2D eigenvalue weighted by atomic mass is 9.91. The van der Waals surface area contributed by atoms with Gasteiger partial charge in [0.15, 0.2) is 0 Å². The van der Waals surface area contributed by atoms with Crippen LogP contribution in [0.4, 0.5) is 0 Å². The summed E-state index contributed by atoms with van der Waals surface area (Å²) in [6.45, 7) is 11.3. The standard InChI is InChI=1S/C39H53N5O4/c1-6-21-44(22-7-2)39(48)32-20-14-19-31(25-32)37(46)42-34(24-29-15-10-8-11-16-29)33(40)23-28(5)36(45)43-35(27(3)4)38(47)41-26-30-17-12-9-13-18-30/h8-20,25,27-28,33-35H,6-7,21-24,26,40H2,1-5H3,(H,41,47)(H,42,46)(H,43,45). The van der Waals surface area contributed by atoms with E-state index in [9.17, 15) is 19.2 Å². The van der Waals surface area contributed by atoms with Crippen LogP contribution >= 0.6 is 0 Å². The number of rotatable bonds is 18. The molecule has 5 N–H and O–H groups in total. The van der Waals surface area contributed by atoms with E-state index < -0.39 is 24.0 Å². The molecule has 9 nitrogen and oxygen atoms in total. The molecule has 0 aliphatic carbocycles. The van der Waals surface area contributed by atoms with Gasteiger partial charge in [-0.2, -0.15) is 0 Å². The van der Waals surface area contributed by atoms with Gasteiger partial charge in [0.1, 0.15) is 6.04 Å². The second kappa shape index (κ2) is 19.4. The van der Waals surface area contributed by atoms with Gasteiger partial charge in [-0.1, -0.05) is 101 Å². The molecule has 0 bridgehead atoms. The molecule has 9 heteroatoms. The highest BCUT2D eigenvalue weighted by molar-refractivity contribution is 5.99. The first-order valence-electron chi connectivity index (χ1n) is 17.2. The van der Waals surface area contributed by atoms with E-state index in [2.05, 4.69) is 16.0 Å². The highest BCUT2D eigenvalue weighted by atomic mass is 16.2. The van der Waals surface area contributed by atoms with Gasteiger partial charge >= 0.3 is 0 Å². The molecule has 3 aromatic rings. The Morgan fingerprint density at radius 1 is 0.729 bits per heavy atom. The van der Waals surface area contributed by atoms with Gasteiger partial charge in [-0.05, 0) is 60.9 Å². The summed E-state index contributed by atoms with van der Waals surface area (Å²) in [4.78, 5) is 55.1. The summed E-state index contributed by atoms with van der Waals surface area (Å²) in [6.07, 6.45) is 2.43. The normalized spacial score (nSPS) is 13.6. The Kier molecular flexibility index (Phi) is 15.3. The second-order valence-corrected chi connectivity index (χ2v) is 12.9. The zero-order valence-corrected chi connectivity index (χ0v) is 29.1. The van der Waals surface area contributed by atoms with Gasteiger partial charge in [0.05, 0.1) is 0 Å². The van der Waals surface area contributed by atoms with Crippen molar-refractivity contribution in [2.45, 2.75) is 85.0 Å². The second-order valence-electron chi connectivity index (χ2n) is 12.9. The van der Waals surface area contributed by atoms with E-state index >= 15 is 0 Å². The molecule has 4 amide bonds. The molecule has 0 radical (unpaired) electrons. The molecule has 0 heterocycles. The molecule has 3 rings (SSSR count). The lowest BCUT2D eigenvalue weighted by Gasteiger charge is -2.29. The molecule has 0 aliphatic heterocycles. The van der Waals surface area contributed by atoms with Crippen LogP contribution in [0.15, 0.2) is 84.9 Å². The van der Waals surface area contributed by atoms with Crippen molar-refractivity contribution in [3.05, 3.63) is 107 Å². The monoisotopic (exact) mass is 655 g/mol. The number of hydrogen-bond donors (Lipinski definition) is 4. The van der Waals surface area contributed by atoms with Crippen LogP contribution in [0.5, 0.6) is 0 Å². The highest BCUT2D eigenvalue weighted by Crippen LogP contribution is 2.16. The van der Waals surface area contributed by atoms with E-state index in [4.69, 9.17) is 5.73 Å². The Labute approximate surface area is 286 Å². The molecule has 48 heavy (non-hydrogen) atoms. The first-order valence-corrected chi connectivity index (χ1v) is 17.2. The predicted octanol–water partition coefficient (Wildman–Crippen LogP) is 5.10. The lowest BCUT2D eigenvalue weighted by Crippen LogP contribution is -2.53. The number of carbonyl (C=O) groups is 4. The van der Waals surface area contributed by atoms with Crippen molar-refractivity contribution in [2.75, 3.05) is 13.1 Å². The molecule has 0 saturated heterocycles. The average Bonchev–Trinajstić information content (AvgIpc) is 3.09. The van der Waals surface area contributed by atoms with Crippen LogP contribution in [0, 0.1) is 11.8 Å². The summed E-state index contributed by atoms with van der Waals surface area (Å²) in [5, 5.41) is 8.95. The number of nitrogens with two attached hydrogens (primary N) is 1. The van der Waals surface area contributed by atoms with Crippen molar-refractivity contribution in [1.82, 2.24) is 20.9 Å². The van der Waals surface area contributed by atoms with Gasteiger partial charge in [-0.3, -0.25) is 19.2 Å². The summed E-state index contributed by atoms with van der Waals surface area (Å²) in [5.74, 6) is -1.62. The minimum absolute atomic E-state index is 0.0980. The number of hydrogen-bond acceptors (Lipinski definition) is 5. The fraction of sp³-hybridized carbons (Fsp3) is 0.436. The number of nitrogens with one attached hydrogen (secondary N) is 3. The molecule has 0 aromatic heterocycles. The van der Waals surface area contributed by atoms with E-state index in [0.29, 0.717) is 37.2 Å². The topological polar surface area (TPSA) is 134 Å². The van der Waals surface area contributed by atoms with Crippen molar-refractivity contribution in [2.24, 2.45) is 17.6 Å². The summed E-state index contributed by atoms with van der Waals surface area (Å²) in [6, 6.07) is 24.3.